The van der Waals surface area contributed by atoms with E-state index in [9.17, 15) is 22.8 Å². The number of nitrogens with one attached hydrogen (secondary N) is 1. The van der Waals surface area contributed by atoms with Crippen LogP contribution in [0.5, 0.6) is 0 Å². The van der Waals surface area contributed by atoms with Crippen molar-refractivity contribution in [1.82, 2.24) is 9.55 Å². The van der Waals surface area contributed by atoms with Gasteiger partial charge in [0.1, 0.15) is 0 Å². The number of hydrogen-bond donors (Lipinski definition) is 1. The Morgan fingerprint density at radius 2 is 1.76 bits per heavy atom. The highest BCUT2D eigenvalue weighted by Crippen LogP contribution is 2.31. The minimum Gasteiger partial charge on any atom is -0.325 e. The van der Waals surface area contributed by atoms with Crippen LogP contribution in [0.25, 0.3) is 16.6 Å². The van der Waals surface area contributed by atoms with E-state index in [2.05, 4.69) is 10.3 Å². The Kier molecular flexibility index (Phi) is 6.24. The fourth-order valence-electron chi connectivity index (χ4n) is 3.34. The quantitative estimate of drug-likeness (QED) is 0.312. The number of carbonyl (C=O) groups excluding carboxylic acids is 1. The van der Waals surface area contributed by atoms with E-state index in [4.69, 9.17) is 0 Å². The fourth-order valence-corrected chi connectivity index (χ4v) is 4.14. The summed E-state index contributed by atoms with van der Waals surface area (Å²) in [5.41, 5.74) is 0.910. The molecule has 5 nitrogen and oxygen atoms in total. The predicted molar refractivity (Wildman–Crippen MR) is 123 cm³/mol. The number of aromatic nitrogens is 2. The molecule has 9 heteroatoms. The van der Waals surface area contributed by atoms with Crippen molar-refractivity contribution < 1.29 is 18.0 Å². The lowest BCUT2D eigenvalue weighted by Gasteiger charge is -2.15. The van der Waals surface area contributed by atoms with Gasteiger partial charge in [-0.05, 0) is 48.9 Å². The molecular formula is C24H18F3N3O2S. The first-order chi connectivity index (χ1) is 15.7. The van der Waals surface area contributed by atoms with Crippen molar-refractivity contribution in [2.75, 3.05) is 11.1 Å². The van der Waals surface area contributed by atoms with Gasteiger partial charge in [0, 0.05) is 5.69 Å². The van der Waals surface area contributed by atoms with Crippen LogP contribution in [0.1, 0.15) is 11.1 Å². The first-order valence-electron chi connectivity index (χ1n) is 9.92. The number of para-hydroxylation sites is 2. The lowest BCUT2D eigenvalue weighted by atomic mass is 10.2. The zero-order valence-electron chi connectivity index (χ0n) is 17.4. The smallest absolute Gasteiger partial charge is 0.325 e. The number of thioether (sulfide) groups is 1. The number of rotatable bonds is 5. The van der Waals surface area contributed by atoms with E-state index in [1.54, 1.807) is 36.4 Å². The van der Waals surface area contributed by atoms with E-state index in [0.717, 1.165) is 29.5 Å². The van der Waals surface area contributed by atoms with Crippen LogP contribution < -0.4 is 10.9 Å². The van der Waals surface area contributed by atoms with Crippen molar-refractivity contribution in [3.63, 3.8) is 0 Å². The number of benzene rings is 3. The molecule has 0 saturated heterocycles. The lowest BCUT2D eigenvalue weighted by Crippen LogP contribution is -2.23. The molecule has 0 fully saturated rings. The molecule has 1 N–H and O–H groups in total. The molecule has 1 aromatic heterocycles. The van der Waals surface area contributed by atoms with Crippen molar-refractivity contribution in [1.29, 1.82) is 0 Å². The second kappa shape index (κ2) is 9.11. The standard InChI is InChI=1S/C24H18F3N3O2S/c1-15-7-2-5-12-20(15)30-22(32)18-10-3-4-11-19(18)29-23(30)33-14-21(31)28-17-9-6-8-16(13-17)24(25,26)27/h2-13H,14H2,1H3,(H,28,31). The van der Waals surface area contributed by atoms with Gasteiger partial charge in [-0.1, -0.05) is 48.2 Å². The second-order valence-corrected chi connectivity index (χ2v) is 8.20. The highest BCUT2D eigenvalue weighted by molar-refractivity contribution is 7.99. The first-order valence-corrected chi connectivity index (χ1v) is 10.9. The van der Waals surface area contributed by atoms with Gasteiger partial charge in [0.05, 0.1) is 27.9 Å². The van der Waals surface area contributed by atoms with Gasteiger partial charge < -0.3 is 5.32 Å². The van der Waals surface area contributed by atoms with Gasteiger partial charge in [0.2, 0.25) is 5.91 Å². The Morgan fingerprint density at radius 3 is 2.52 bits per heavy atom. The van der Waals surface area contributed by atoms with Crippen molar-refractivity contribution in [2.24, 2.45) is 0 Å². The molecule has 0 unspecified atom stereocenters. The van der Waals surface area contributed by atoms with Crippen LogP contribution in [0.15, 0.2) is 82.7 Å². The van der Waals surface area contributed by atoms with E-state index >= 15 is 0 Å². The van der Waals surface area contributed by atoms with Crippen LogP contribution >= 0.6 is 11.8 Å². The maximum absolute atomic E-state index is 13.3. The number of hydrogen-bond acceptors (Lipinski definition) is 4. The average molecular weight is 469 g/mol. The van der Waals surface area contributed by atoms with Crippen LogP contribution in [0.3, 0.4) is 0 Å². The van der Waals surface area contributed by atoms with E-state index in [-0.39, 0.29) is 17.0 Å². The predicted octanol–water partition coefficient (Wildman–Crippen LogP) is 5.44. The third kappa shape index (κ3) is 4.93. The number of nitrogens with zero attached hydrogens (tertiary/aromatic N) is 2. The molecule has 0 saturated carbocycles. The molecule has 1 heterocycles. The summed E-state index contributed by atoms with van der Waals surface area (Å²) >= 11 is 1.03. The van der Waals surface area contributed by atoms with Crippen LogP contribution in [-0.2, 0) is 11.0 Å². The molecule has 0 aliphatic rings. The highest BCUT2D eigenvalue weighted by Gasteiger charge is 2.30. The molecule has 0 spiro atoms. The van der Waals surface area contributed by atoms with Crippen LogP contribution in [0, 0.1) is 6.92 Å². The average Bonchev–Trinajstić information content (AvgIpc) is 2.78. The van der Waals surface area contributed by atoms with E-state index in [1.807, 2.05) is 19.1 Å². The summed E-state index contributed by atoms with van der Waals surface area (Å²) in [6.07, 6.45) is -4.51. The Bertz CT molecular complexity index is 1400. The molecule has 4 rings (SSSR count). The summed E-state index contributed by atoms with van der Waals surface area (Å²) in [7, 11) is 0. The summed E-state index contributed by atoms with van der Waals surface area (Å²) in [5.74, 6) is -0.662. The normalized spacial score (nSPS) is 11.5. The van der Waals surface area contributed by atoms with Crippen LogP contribution in [-0.4, -0.2) is 21.2 Å². The first kappa shape index (κ1) is 22.6. The third-order valence-corrected chi connectivity index (χ3v) is 5.85. The SMILES string of the molecule is Cc1ccccc1-n1c(SCC(=O)Nc2cccc(C(F)(F)F)c2)nc2ccccc2c1=O. The Morgan fingerprint density at radius 1 is 1.03 bits per heavy atom. The van der Waals surface area contributed by atoms with Crippen LogP contribution in [0.4, 0.5) is 18.9 Å². The van der Waals surface area contributed by atoms with Gasteiger partial charge in [-0.15, -0.1) is 0 Å². The number of fused-ring (bicyclic) bond motifs is 1. The largest absolute Gasteiger partial charge is 0.416 e. The van der Waals surface area contributed by atoms with Crippen molar-refractivity contribution in [3.8, 4) is 5.69 Å². The van der Waals surface area contributed by atoms with Crippen molar-refractivity contribution in [3.05, 3.63) is 94.3 Å². The van der Waals surface area contributed by atoms with E-state index in [0.29, 0.717) is 21.7 Å². The third-order valence-electron chi connectivity index (χ3n) is 4.91. The topological polar surface area (TPSA) is 64.0 Å². The molecule has 33 heavy (non-hydrogen) atoms. The maximum Gasteiger partial charge on any atom is 0.416 e. The van der Waals surface area contributed by atoms with Gasteiger partial charge in [-0.2, -0.15) is 13.2 Å². The molecule has 0 aliphatic heterocycles. The zero-order valence-corrected chi connectivity index (χ0v) is 18.2. The molecule has 0 radical (unpaired) electrons. The molecule has 1 amide bonds. The summed E-state index contributed by atoms with van der Waals surface area (Å²) in [6, 6.07) is 18.7. The van der Waals surface area contributed by atoms with Gasteiger partial charge in [-0.25, -0.2) is 4.98 Å². The summed E-state index contributed by atoms with van der Waals surface area (Å²) < 4.78 is 40.2. The fraction of sp³-hybridized carbons (Fsp3) is 0.125. The Labute approximate surface area is 191 Å². The lowest BCUT2D eigenvalue weighted by molar-refractivity contribution is -0.137. The van der Waals surface area contributed by atoms with Crippen LogP contribution in [0.2, 0.25) is 0 Å². The van der Waals surface area contributed by atoms with Gasteiger partial charge in [-0.3, -0.25) is 14.2 Å². The van der Waals surface area contributed by atoms with Crippen molar-refractivity contribution in [2.45, 2.75) is 18.3 Å². The minimum absolute atomic E-state index is 0.0400. The molecule has 0 aliphatic carbocycles. The molecule has 4 aromatic rings. The highest BCUT2D eigenvalue weighted by atomic mass is 32.2. The zero-order chi connectivity index (χ0) is 23.6. The van der Waals surface area contributed by atoms with E-state index in [1.165, 1.54) is 16.7 Å². The number of carbonyl (C=O) groups is 1. The number of alkyl halides is 3. The molecular weight excluding hydrogens is 451 g/mol. The summed E-state index contributed by atoms with van der Waals surface area (Å²) in [6.45, 7) is 1.87. The second-order valence-electron chi connectivity index (χ2n) is 7.25. The number of aryl methyl sites for hydroxylation is 1. The number of amides is 1. The Balaban J connectivity index is 1.64. The molecule has 0 atom stereocenters. The minimum atomic E-state index is -4.51. The number of anilines is 1. The molecule has 168 valence electrons. The summed E-state index contributed by atoms with van der Waals surface area (Å²) in [4.78, 5) is 30.3. The molecule has 3 aromatic carbocycles. The van der Waals surface area contributed by atoms with Gasteiger partial charge in [0.15, 0.2) is 5.16 Å². The number of halogens is 3. The summed E-state index contributed by atoms with van der Waals surface area (Å²) in [5, 5.41) is 3.23. The van der Waals surface area contributed by atoms with Gasteiger partial charge in [0.25, 0.3) is 5.56 Å². The Hall–Kier alpha value is -3.59. The van der Waals surface area contributed by atoms with E-state index < -0.39 is 17.6 Å². The van der Waals surface area contributed by atoms with Gasteiger partial charge >= 0.3 is 6.18 Å². The monoisotopic (exact) mass is 469 g/mol. The maximum atomic E-state index is 13.3. The molecule has 0 bridgehead atoms. The van der Waals surface area contributed by atoms with Crippen molar-refractivity contribution >= 4 is 34.3 Å².